The van der Waals surface area contributed by atoms with Crippen molar-refractivity contribution in [3.63, 3.8) is 0 Å². The van der Waals surface area contributed by atoms with Gasteiger partial charge in [0.05, 0.1) is 22.6 Å². The molecule has 0 spiro atoms. The van der Waals surface area contributed by atoms with Gasteiger partial charge < -0.3 is 14.7 Å². The zero-order chi connectivity index (χ0) is 25.4. The minimum Gasteiger partial charge on any atom is -0.507 e. The van der Waals surface area contributed by atoms with Crippen LogP contribution in [0.3, 0.4) is 0 Å². The molecule has 0 aromatic heterocycles. The molecule has 1 amide bonds. The highest BCUT2D eigenvalue weighted by Gasteiger charge is 2.47. The van der Waals surface area contributed by atoms with E-state index in [9.17, 15) is 27.5 Å². The number of ether oxygens (including phenoxy) is 1. The van der Waals surface area contributed by atoms with Crippen LogP contribution in [0.2, 0.25) is 0 Å². The van der Waals surface area contributed by atoms with Crippen molar-refractivity contribution in [1.29, 1.82) is 0 Å². The Bertz CT molecular complexity index is 1290. The number of aliphatic hydroxyl groups is 1. The number of carbonyl (C=O) groups excluding carboxylic acids is 2. The number of hydrogen-bond acceptors (Lipinski definition) is 6. The number of hydrogen-bond donors (Lipinski definition) is 1. The molecule has 0 bridgehead atoms. The lowest BCUT2D eigenvalue weighted by Gasteiger charge is -2.27. The van der Waals surface area contributed by atoms with E-state index >= 15 is 0 Å². The minimum absolute atomic E-state index is 0.0925. The molecule has 2 aromatic rings. The summed E-state index contributed by atoms with van der Waals surface area (Å²) in [6.07, 6.45) is 2.98. The largest absolute Gasteiger partial charge is 0.507 e. The average Bonchev–Trinajstić information content (AvgIpc) is 3.64. The average molecular weight is 515 g/mol. The molecule has 0 radical (unpaired) electrons. The zero-order valence-corrected chi connectivity index (χ0v) is 20.4. The van der Waals surface area contributed by atoms with Gasteiger partial charge in [-0.05, 0) is 67.6 Å². The van der Waals surface area contributed by atoms with Gasteiger partial charge in [-0.3, -0.25) is 9.59 Å². The lowest BCUT2D eigenvalue weighted by Crippen LogP contribution is -2.36. The van der Waals surface area contributed by atoms with Crippen LogP contribution in [-0.4, -0.2) is 66.8 Å². The van der Waals surface area contributed by atoms with Gasteiger partial charge in [0.15, 0.2) is 0 Å². The Balaban J connectivity index is 1.53. The van der Waals surface area contributed by atoms with E-state index in [1.807, 2.05) is 0 Å². The summed E-state index contributed by atoms with van der Waals surface area (Å²) in [5.41, 5.74) is 0.556. The summed E-state index contributed by atoms with van der Waals surface area (Å²) in [6.45, 7) is 1.67. The topological polar surface area (TPSA) is 104 Å². The second kappa shape index (κ2) is 9.76. The highest BCUT2D eigenvalue weighted by atomic mass is 32.2. The Kier molecular flexibility index (Phi) is 6.67. The second-order valence-corrected chi connectivity index (χ2v) is 11.2. The van der Waals surface area contributed by atoms with Gasteiger partial charge in [0.1, 0.15) is 11.6 Å². The Labute approximate surface area is 209 Å². The van der Waals surface area contributed by atoms with Gasteiger partial charge in [-0.2, -0.15) is 4.31 Å². The molecular formula is C26H27FN2O6S. The summed E-state index contributed by atoms with van der Waals surface area (Å²) in [6, 6.07) is 10.1. The van der Waals surface area contributed by atoms with Crippen LogP contribution < -0.4 is 0 Å². The van der Waals surface area contributed by atoms with E-state index in [0.717, 1.165) is 25.7 Å². The fourth-order valence-electron chi connectivity index (χ4n) is 5.09. The molecule has 5 rings (SSSR count). The Morgan fingerprint density at radius 2 is 1.67 bits per heavy atom. The van der Waals surface area contributed by atoms with Gasteiger partial charge in [-0.25, -0.2) is 12.8 Å². The van der Waals surface area contributed by atoms with Crippen molar-refractivity contribution in [1.82, 2.24) is 9.21 Å². The van der Waals surface area contributed by atoms with Gasteiger partial charge in [-0.15, -0.1) is 0 Å². The van der Waals surface area contributed by atoms with E-state index in [1.165, 1.54) is 57.7 Å². The van der Waals surface area contributed by atoms with Gasteiger partial charge in [0.25, 0.3) is 11.7 Å². The van der Waals surface area contributed by atoms with E-state index in [0.29, 0.717) is 25.3 Å². The molecule has 1 N–H and O–H groups in total. The van der Waals surface area contributed by atoms with Crippen LogP contribution >= 0.6 is 0 Å². The summed E-state index contributed by atoms with van der Waals surface area (Å²) >= 11 is 0. The van der Waals surface area contributed by atoms with Crippen LogP contribution in [0, 0.1) is 5.82 Å². The van der Waals surface area contributed by atoms with Gasteiger partial charge in [-0.1, -0.05) is 12.1 Å². The summed E-state index contributed by atoms with van der Waals surface area (Å²) in [7, 11) is -3.64. The molecule has 2 atom stereocenters. The normalized spacial score (nSPS) is 24.6. The summed E-state index contributed by atoms with van der Waals surface area (Å²) < 4.78 is 46.4. The van der Waals surface area contributed by atoms with Crippen molar-refractivity contribution in [2.45, 2.75) is 42.7 Å². The number of aliphatic hydroxyl groups excluding tert-OH is 1. The van der Waals surface area contributed by atoms with Crippen molar-refractivity contribution in [2.24, 2.45) is 0 Å². The van der Waals surface area contributed by atoms with E-state index < -0.39 is 39.3 Å². The zero-order valence-electron chi connectivity index (χ0n) is 19.6. The van der Waals surface area contributed by atoms with Gasteiger partial charge in [0.2, 0.25) is 10.0 Å². The monoisotopic (exact) mass is 514 g/mol. The summed E-state index contributed by atoms with van der Waals surface area (Å²) in [4.78, 5) is 27.6. The van der Waals surface area contributed by atoms with Crippen molar-refractivity contribution in [3.8, 4) is 0 Å². The number of benzene rings is 2. The molecule has 3 aliphatic rings. The molecule has 0 saturated carbocycles. The molecule has 0 aliphatic carbocycles. The fraction of sp³-hybridized carbons (Fsp3) is 0.385. The lowest BCUT2D eigenvalue weighted by atomic mass is 9.95. The second-order valence-electron chi connectivity index (χ2n) is 9.27. The van der Waals surface area contributed by atoms with E-state index in [4.69, 9.17) is 4.74 Å². The number of likely N-dealkylation sites (tertiary alicyclic amines) is 1. The molecular weight excluding hydrogens is 487 g/mol. The number of ketones is 1. The molecule has 3 aliphatic heterocycles. The SMILES string of the molecule is O=C1C(=O)N(CC2CCCO2)C(c2ccc(F)cc2)/C1=C(/O)c1ccc(S(=O)(=O)N2CCCC2)cc1. The fourth-order valence-corrected chi connectivity index (χ4v) is 6.60. The summed E-state index contributed by atoms with van der Waals surface area (Å²) in [5, 5.41) is 11.2. The number of Topliss-reactive ketones (excluding diaryl/α,β-unsaturated/α-hetero) is 1. The number of sulfonamides is 1. The Hall–Kier alpha value is -3.08. The number of amides is 1. The first-order chi connectivity index (χ1) is 17.3. The molecule has 2 unspecified atom stereocenters. The smallest absolute Gasteiger partial charge is 0.295 e. The van der Waals surface area contributed by atoms with Gasteiger partial charge >= 0.3 is 0 Å². The van der Waals surface area contributed by atoms with E-state index in [-0.39, 0.29) is 28.7 Å². The molecule has 36 heavy (non-hydrogen) atoms. The Morgan fingerprint density at radius 1 is 1.00 bits per heavy atom. The third kappa shape index (κ3) is 4.44. The minimum atomic E-state index is -3.64. The first-order valence-electron chi connectivity index (χ1n) is 12.0. The van der Waals surface area contributed by atoms with Crippen LogP contribution in [0.15, 0.2) is 59.0 Å². The standard InChI is InChI=1S/C26H27FN2O6S/c27-19-9-5-17(6-10-19)23-22(25(31)26(32)29(23)16-20-4-3-15-35-20)24(30)18-7-11-21(12-8-18)36(33,34)28-13-1-2-14-28/h5-12,20,23,30H,1-4,13-16H2/b24-22-. The van der Waals surface area contributed by atoms with Crippen molar-refractivity contribution < 1.29 is 32.2 Å². The Morgan fingerprint density at radius 3 is 2.28 bits per heavy atom. The first kappa shape index (κ1) is 24.6. The molecule has 2 aromatic carbocycles. The lowest BCUT2D eigenvalue weighted by molar-refractivity contribution is -0.140. The van der Waals surface area contributed by atoms with Crippen LogP contribution in [0.5, 0.6) is 0 Å². The predicted octanol–water partition coefficient (Wildman–Crippen LogP) is 3.21. The van der Waals surface area contributed by atoms with E-state index in [1.54, 1.807) is 0 Å². The third-order valence-corrected chi connectivity index (χ3v) is 8.89. The van der Waals surface area contributed by atoms with Gasteiger partial charge in [0, 0.05) is 31.8 Å². The highest BCUT2D eigenvalue weighted by molar-refractivity contribution is 7.89. The van der Waals surface area contributed by atoms with E-state index in [2.05, 4.69) is 0 Å². The maximum atomic E-state index is 13.6. The molecule has 10 heteroatoms. The number of carbonyl (C=O) groups is 2. The first-order valence-corrected chi connectivity index (χ1v) is 13.5. The predicted molar refractivity (Wildman–Crippen MR) is 129 cm³/mol. The van der Waals surface area contributed by atoms with Crippen LogP contribution in [0.25, 0.3) is 5.76 Å². The maximum Gasteiger partial charge on any atom is 0.295 e. The number of rotatable bonds is 6. The molecule has 3 fully saturated rings. The third-order valence-electron chi connectivity index (χ3n) is 6.98. The van der Waals surface area contributed by atoms with Crippen molar-refractivity contribution >= 4 is 27.5 Å². The molecule has 8 nitrogen and oxygen atoms in total. The molecule has 190 valence electrons. The number of halogens is 1. The van der Waals surface area contributed by atoms with Crippen LogP contribution in [0.1, 0.15) is 42.9 Å². The maximum absolute atomic E-state index is 13.6. The highest BCUT2D eigenvalue weighted by Crippen LogP contribution is 2.40. The van der Waals surface area contributed by atoms with Crippen molar-refractivity contribution in [3.05, 3.63) is 71.0 Å². The molecule has 3 heterocycles. The quantitative estimate of drug-likeness (QED) is 0.361. The number of nitrogens with zero attached hydrogens (tertiary/aromatic N) is 2. The summed E-state index contributed by atoms with van der Waals surface area (Å²) in [5.74, 6) is -2.50. The van der Waals surface area contributed by atoms with Crippen molar-refractivity contribution in [2.75, 3.05) is 26.2 Å². The van der Waals surface area contributed by atoms with Crippen LogP contribution in [0.4, 0.5) is 4.39 Å². The van der Waals surface area contributed by atoms with Crippen LogP contribution in [-0.2, 0) is 24.3 Å². The molecule has 3 saturated heterocycles.